The van der Waals surface area contributed by atoms with Crippen molar-refractivity contribution in [1.29, 1.82) is 5.26 Å². The Hall–Kier alpha value is -1.73. The number of rotatable bonds is 3. The van der Waals surface area contributed by atoms with Crippen LogP contribution in [-0.2, 0) is 4.79 Å². The maximum Gasteiger partial charge on any atom is 0.308 e. The fraction of sp³-hybridized carbons (Fsp3) is 0.273. The first-order chi connectivity index (χ1) is 7.58. The van der Waals surface area contributed by atoms with E-state index in [2.05, 4.69) is 0 Å². The minimum Gasteiger partial charge on any atom is -0.490 e. The van der Waals surface area contributed by atoms with Gasteiger partial charge in [0.25, 0.3) is 0 Å². The van der Waals surface area contributed by atoms with E-state index in [-0.39, 0.29) is 11.3 Å². The van der Waals surface area contributed by atoms with Gasteiger partial charge in [0.2, 0.25) is 0 Å². The van der Waals surface area contributed by atoms with Crippen molar-refractivity contribution >= 4 is 17.6 Å². The fourth-order valence-electron chi connectivity index (χ4n) is 1.16. The topological polar surface area (TPSA) is 59.3 Å². The van der Waals surface area contributed by atoms with Crippen LogP contribution in [0.2, 0.25) is 5.02 Å². The maximum atomic E-state index is 10.9. The quantitative estimate of drug-likeness (QED) is 0.601. The van der Waals surface area contributed by atoms with Crippen molar-refractivity contribution in [3.8, 4) is 17.6 Å². The number of ether oxygens (including phenoxy) is 2. The van der Waals surface area contributed by atoms with Crippen molar-refractivity contribution in [2.75, 3.05) is 6.61 Å². The molecule has 0 aromatic heterocycles. The van der Waals surface area contributed by atoms with Crippen LogP contribution in [-0.4, -0.2) is 12.6 Å². The van der Waals surface area contributed by atoms with Gasteiger partial charge in [0.1, 0.15) is 11.6 Å². The van der Waals surface area contributed by atoms with Crippen LogP contribution in [0.25, 0.3) is 0 Å². The molecule has 0 radical (unpaired) electrons. The van der Waals surface area contributed by atoms with Gasteiger partial charge < -0.3 is 9.47 Å². The molecule has 0 aliphatic heterocycles. The number of benzene rings is 1. The minimum atomic E-state index is -0.514. The highest BCUT2D eigenvalue weighted by Gasteiger charge is 2.14. The van der Waals surface area contributed by atoms with Crippen LogP contribution in [0.3, 0.4) is 0 Å². The molecule has 0 atom stereocenters. The van der Waals surface area contributed by atoms with Crippen molar-refractivity contribution in [3.63, 3.8) is 0 Å². The van der Waals surface area contributed by atoms with Crippen LogP contribution in [0.5, 0.6) is 11.5 Å². The lowest BCUT2D eigenvalue weighted by molar-refractivity contribution is -0.132. The van der Waals surface area contributed by atoms with E-state index in [0.717, 1.165) is 0 Å². The average Bonchev–Trinajstić information content (AvgIpc) is 2.21. The molecule has 0 heterocycles. The number of nitrogens with zero attached hydrogens (tertiary/aromatic N) is 1. The molecule has 0 spiro atoms. The Morgan fingerprint density at radius 3 is 2.75 bits per heavy atom. The van der Waals surface area contributed by atoms with Crippen molar-refractivity contribution in [3.05, 3.63) is 22.7 Å². The molecular weight excluding hydrogens is 230 g/mol. The molecule has 1 aromatic rings. The fourth-order valence-corrected chi connectivity index (χ4v) is 1.37. The van der Waals surface area contributed by atoms with Gasteiger partial charge in [-0.3, -0.25) is 4.79 Å². The third-order valence-electron chi connectivity index (χ3n) is 1.69. The zero-order valence-electron chi connectivity index (χ0n) is 8.91. The predicted octanol–water partition coefficient (Wildman–Crippen LogP) is 2.54. The summed E-state index contributed by atoms with van der Waals surface area (Å²) < 4.78 is 10.2. The number of carbonyl (C=O) groups is 1. The first kappa shape index (κ1) is 12.3. The summed E-state index contributed by atoms with van der Waals surface area (Å²) in [6.07, 6.45) is 0. The molecule has 1 aromatic carbocycles. The highest BCUT2D eigenvalue weighted by molar-refractivity contribution is 6.30. The predicted molar refractivity (Wildman–Crippen MR) is 58.6 cm³/mol. The molecule has 0 fully saturated rings. The average molecular weight is 240 g/mol. The lowest BCUT2D eigenvalue weighted by atomic mass is 10.2. The molecule has 0 saturated heterocycles. The van der Waals surface area contributed by atoms with Gasteiger partial charge in [0.05, 0.1) is 6.61 Å². The van der Waals surface area contributed by atoms with E-state index in [1.54, 1.807) is 6.92 Å². The molecule has 1 rings (SSSR count). The van der Waals surface area contributed by atoms with Gasteiger partial charge in [-0.25, -0.2) is 0 Å². The molecule has 0 saturated carbocycles. The molecule has 84 valence electrons. The second kappa shape index (κ2) is 5.38. The SMILES string of the molecule is CCOc1cc(Cl)cc(C#N)c1OC(C)=O. The Kier molecular flexibility index (Phi) is 4.15. The summed E-state index contributed by atoms with van der Waals surface area (Å²) >= 11 is 5.80. The molecule has 4 nitrogen and oxygen atoms in total. The maximum absolute atomic E-state index is 10.9. The monoisotopic (exact) mass is 239 g/mol. The molecule has 5 heteroatoms. The van der Waals surface area contributed by atoms with Gasteiger partial charge in [0.15, 0.2) is 11.5 Å². The second-order valence-corrected chi connectivity index (χ2v) is 3.36. The summed E-state index contributed by atoms with van der Waals surface area (Å²) in [7, 11) is 0. The van der Waals surface area contributed by atoms with Gasteiger partial charge in [-0.1, -0.05) is 11.6 Å². The lowest BCUT2D eigenvalue weighted by Crippen LogP contribution is -2.06. The molecule has 16 heavy (non-hydrogen) atoms. The third kappa shape index (κ3) is 2.88. The van der Waals surface area contributed by atoms with Crippen LogP contribution < -0.4 is 9.47 Å². The highest BCUT2D eigenvalue weighted by atomic mass is 35.5. The second-order valence-electron chi connectivity index (χ2n) is 2.92. The van der Waals surface area contributed by atoms with E-state index >= 15 is 0 Å². The molecule has 0 bridgehead atoms. The van der Waals surface area contributed by atoms with E-state index < -0.39 is 5.97 Å². The Bertz CT molecular complexity index is 451. The molecule has 0 aliphatic carbocycles. The van der Waals surface area contributed by atoms with Gasteiger partial charge in [0, 0.05) is 18.0 Å². The normalized spacial score (nSPS) is 9.38. The standard InChI is InChI=1S/C11H10ClNO3/c1-3-15-10-5-9(12)4-8(6-13)11(10)16-7(2)14/h4-5H,3H2,1-2H3. The number of esters is 1. The third-order valence-corrected chi connectivity index (χ3v) is 1.90. The Morgan fingerprint density at radius 2 is 2.25 bits per heavy atom. The number of carbonyl (C=O) groups excluding carboxylic acids is 1. The van der Waals surface area contributed by atoms with Crippen LogP contribution in [0.1, 0.15) is 19.4 Å². The van der Waals surface area contributed by atoms with Gasteiger partial charge in [-0.2, -0.15) is 5.26 Å². The van der Waals surface area contributed by atoms with E-state index in [4.69, 9.17) is 26.3 Å². The van der Waals surface area contributed by atoms with Crippen LogP contribution in [0, 0.1) is 11.3 Å². The van der Waals surface area contributed by atoms with Crippen molar-refractivity contribution in [1.82, 2.24) is 0 Å². The van der Waals surface area contributed by atoms with Crippen LogP contribution in [0.15, 0.2) is 12.1 Å². The molecule has 0 unspecified atom stereocenters. The number of nitriles is 1. The summed E-state index contributed by atoms with van der Waals surface area (Å²) in [5, 5.41) is 9.25. The number of hydrogen-bond donors (Lipinski definition) is 0. The van der Waals surface area contributed by atoms with Gasteiger partial charge in [-0.15, -0.1) is 0 Å². The smallest absolute Gasteiger partial charge is 0.308 e. The summed E-state index contributed by atoms with van der Waals surface area (Å²) in [6.45, 7) is 3.43. The lowest BCUT2D eigenvalue weighted by Gasteiger charge is -2.11. The zero-order chi connectivity index (χ0) is 12.1. The highest BCUT2D eigenvalue weighted by Crippen LogP contribution is 2.34. The summed E-state index contributed by atoms with van der Waals surface area (Å²) in [5.41, 5.74) is 0.172. The van der Waals surface area contributed by atoms with E-state index in [9.17, 15) is 4.79 Å². The van der Waals surface area contributed by atoms with E-state index in [1.807, 2.05) is 6.07 Å². The zero-order valence-corrected chi connectivity index (χ0v) is 9.67. The largest absolute Gasteiger partial charge is 0.490 e. The minimum absolute atomic E-state index is 0.112. The van der Waals surface area contributed by atoms with Crippen molar-refractivity contribution < 1.29 is 14.3 Å². The first-order valence-electron chi connectivity index (χ1n) is 4.63. The summed E-state index contributed by atoms with van der Waals surface area (Å²) in [4.78, 5) is 10.9. The van der Waals surface area contributed by atoms with Gasteiger partial charge in [-0.05, 0) is 13.0 Å². The molecule has 0 aliphatic rings. The van der Waals surface area contributed by atoms with Gasteiger partial charge >= 0.3 is 5.97 Å². The Balaban J connectivity index is 3.28. The Labute approximate surface area is 98.3 Å². The molecular formula is C11H10ClNO3. The molecule has 0 N–H and O–H groups in total. The molecule has 0 amide bonds. The summed E-state index contributed by atoms with van der Waals surface area (Å²) in [5.74, 6) is -0.109. The first-order valence-corrected chi connectivity index (χ1v) is 5.01. The van der Waals surface area contributed by atoms with Crippen molar-refractivity contribution in [2.24, 2.45) is 0 Å². The van der Waals surface area contributed by atoms with Crippen LogP contribution >= 0.6 is 11.6 Å². The number of halogens is 1. The van der Waals surface area contributed by atoms with Crippen LogP contribution in [0.4, 0.5) is 0 Å². The Morgan fingerprint density at radius 1 is 1.56 bits per heavy atom. The summed E-state index contributed by atoms with van der Waals surface area (Å²) in [6, 6.07) is 4.82. The van der Waals surface area contributed by atoms with Crippen molar-refractivity contribution in [2.45, 2.75) is 13.8 Å². The van der Waals surface area contributed by atoms with E-state index in [1.165, 1.54) is 19.1 Å². The van der Waals surface area contributed by atoms with E-state index in [0.29, 0.717) is 17.4 Å². The number of hydrogen-bond acceptors (Lipinski definition) is 4.